The van der Waals surface area contributed by atoms with Crippen LogP contribution >= 0.6 is 0 Å². The summed E-state index contributed by atoms with van der Waals surface area (Å²) in [6.45, 7) is 10.0. The van der Waals surface area contributed by atoms with Crippen LogP contribution in [0.15, 0.2) is 48.5 Å². The molecule has 222 valence electrons. The Morgan fingerprint density at radius 1 is 1.05 bits per heavy atom. The highest BCUT2D eigenvalue weighted by Crippen LogP contribution is 2.30. The lowest BCUT2D eigenvalue weighted by atomic mass is 9.96. The number of nitrogens with zero attached hydrogens (tertiary/aromatic N) is 4. The van der Waals surface area contributed by atoms with Crippen molar-refractivity contribution in [2.45, 2.75) is 72.1 Å². The molecule has 1 N–H and O–H groups in total. The van der Waals surface area contributed by atoms with Crippen LogP contribution < -0.4 is 10.1 Å². The van der Waals surface area contributed by atoms with Crippen molar-refractivity contribution in [1.29, 1.82) is 0 Å². The second-order valence-electron chi connectivity index (χ2n) is 11.5. The zero-order chi connectivity index (χ0) is 29.5. The highest BCUT2D eigenvalue weighted by Gasteiger charge is 2.51. The summed E-state index contributed by atoms with van der Waals surface area (Å²) in [5, 5.41) is 6.62. The van der Waals surface area contributed by atoms with Gasteiger partial charge >= 0.3 is 6.03 Å². The number of hydrogen-bond acceptors (Lipinski definition) is 5. The minimum absolute atomic E-state index is 0.0410. The number of unbranched alkanes of at least 4 members (excludes halogenated alkanes) is 1. The number of aryl methyl sites for hydroxylation is 1. The second-order valence-corrected chi connectivity index (χ2v) is 11.5. The lowest BCUT2D eigenvalue weighted by Crippen LogP contribution is -2.76. The molecule has 41 heavy (non-hydrogen) atoms. The normalized spacial score (nSPS) is 19.5. The van der Waals surface area contributed by atoms with Crippen LogP contribution in [0.5, 0.6) is 5.75 Å². The van der Waals surface area contributed by atoms with Crippen molar-refractivity contribution < 1.29 is 19.1 Å². The number of nitrogens with one attached hydrogen (secondary N) is 1. The van der Waals surface area contributed by atoms with E-state index in [1.165, 1.54) is 0 Å². The average Bonchev–Trinajstić information content (AvgIpc) is 2.95. The number of carbonyl (C=O) groups is 3. The molecule has 4 amide bonds. The van der Waals surface area contributed by atoms with E-state index in [2.05, 4.69) is 26.1 Å². The number of urea groups is 1. The third kappa shape index (κ3) is 7.38. The largest absolute Gasteiger partial charge is 0.497 e. The standard InChI is InChI=1S/C32H45N5O4/c1-6-7-17-33-32(40)37-29-21-34(18-16-25-12-14-27(41-5)15-13-25)31(39)28(19-23(2)3)36(29)30(38)22-35(37)20-26-10-8-24(4)9-11-26/h8-15,23,28-29H,6-7,16-22H2,1-5H3,(H,33,40)/t28-,29-/m0/s1. The topological polar surface area (TPSA) is 85.4 Å². The summed E-state index contributed by atoms with van der Waals surface area (Å²) in [7, 11) is 1.64. The molecule has 0 radical (unpaired) electrons. The summed E-state index contributed by atoms with van der Waals surface area (Å²) in [6.07, 6.45) is 2.46. The number of ether oxygens (including phenoxy) is 1. The van der Waals surface area contributed by atoms with Crippen molar-refractivity contribution in [3.63, 3.8) is 0 Å². The van der Waals surface area contributed by atoms with Crippen LogP contribution in [0.4, 0.5) is 4.79 Å². The lowest BCUT2D eigenvalue weighted by molar-refractivity contribution is -0.192. The lowest BCUT2D eigenvalue weighted by Gasteiger charge is -2.55. The highest BCUT2D eigenvalue weighted by atomic mass is 16.5. The first-order valence-electron chi connectivity index (χ1n) is 14.8. The second kappa shape index (κ2) is 13.9. The first-order valence-corrected chi connectivity index (χ1v) is 14.8. The van der Waals surface area contributed by atoms with Crippen LogP contribution in [0.3, 0.4) is 0 Å². The van der Waals surface area contributed by atoms with Gasteiger partial charge in [0.1, 0.15) is 18.0 Å². The van der Waals surface area contributed by atoms with Gasteiger partial charge in [0.25, 0.3) is 0 Å². The number of hydrogen-bond donors (Lipinski definition) is 1. The van der Waals surface area contributed by atoms with E-state index in [9.17, 15) is 14.4 Å². The van der Waals surface area contributed by atoms with E-state index in [-0.39, 0.29) is 36.9 Å². The Hall–Kier alpha value is -3.59. The number of fused-ring (bicyclic) bond motifs is 1. The molecule has 2 aromatic rings. The summed E-state index contributed by atoms with van der Waals surface area (Å²) in [5.41, 5.74) is 3.26. The van der Waals surface area contributed by atoms with Crippen molar-refractivity contribution in [3.05, 3.63) is 65.2 Å². The number of rotatable bonds is 11. The molecule has 0 spiro atoms. The number of methoxy groups -OCH3 is 1. The number of amides is 4. The maximum Gasteiger partial charge on any atom is 0.333 e. The Labute approximate surface area is 244 Å². The minimum Gasteiger partial charge on any atom is -0.497 e. The maximum absolute atomic E-state index is 13.9. The van der Waals surface area contributed by atoms with E-state index >= 15 is 0 Å². The van der Waals surface area contributed by atoms with Crippen LogP contribution in [0.2, 0.25) is 0 Å². The smallest absolute Gasteiger partial charge is 0.333 e. The Morgan fingerprint density at radius 3 is 2.37 bits per heavy atom. The SMILES string of the molecule is CCCCNC(=O)N1[C@H]2CN(CCc3ccc(OC)cc3)C(=O)[C@H](CC(C)C)N2C(=O)CN1Cc1ccc(C)cc1. The third-order valence-electron chi connectivity index (χ3n) is 7.85. The molecule has 2 saturated heterocycles. The van der Waals surface area contributed by atoms with Crippen LogP contribution in [0, 0.1) is 12.8 Å². The average molecular weight is 564 g/mol. The van der Waals surface area contributed by atoms with Crippen molar-refractivity contribution in [1.82, 2.24) is 25.1 Å². The molecular formula is C32H45N5O4. The predicted octanol–water partition coefficient (Wildman–Crippen LogP) is 4.20. The Morgan fingerprint density at radius 2 is 1.73 bits per heavy atom. The summed E-state index contributed by atoms with van der Waals surface area (Å²) < 4.78 is 5.28. The van der Waals surface area contributed by atoms with Gasteiger partial charge in [0.2, 0.25) is 11.8 Å². The van der Waals surface area contributed by atoms with Crippen LogP contribution in [-0.2, 0) is 22.6 Å². The van der Waals surface area contributed by atoms with Crippen molar-refractivity contribution >= 4 is 17.8 Å². The molecule has 0 bridgehead atoms. The van der Waals surface area contributed by atoms with Crippen LogP contribution in [-0.4, -0.2) is 83.2 Å². The van der Waals surface area contributed by atoms with E-state index in [1.54, 1.807) is 17.0 Å². The number of benzene rings is 2. The number of piperazine rings is 1. The number of hydrazine groups is 1. The van der Waals surface area contributed by atoms with Crippen molar-refractivity contribution in [2.24, 2.45) is 5.92 Å². The van der Waals surface area contributed by atoms with E-state index in [0.717, 1.165) is 35.3 Å². The Balaban J connectivity index is 1.64. The molecule has 0 unspecified atom stereocenters. The molecule has 0 aromatic heterocycles. The van der Waals surface area contributed by atoms with Crippen molar-refractivity contribution in [3.8, 4) is 5.75 Å². The zero-order valence-corrected chi connectivity index (χ0v) is 25.1. The number of carbonyl (C=O) groups excluding carboxylic acids is 3. The molecule has 2 fully saturated rings. The van der Waals surface area contributed by atoms with Gasteiger partial charge in [-0.1, -0.05) is 69.2 Å². The van der Waals surface area contributed by atoms with E-state index in [0.29, 0.717) is 32.5 Å². The molecule has 2 heterocycles. The molecule has 0 saturated carbocycles. The van der Waals surface area contributed by atoms with Crippen molar-refractivity contribution in [2.75, 3.05) is 33.3 Å². The first kappa shape index (κ1) is 30.4. The van der Waals surface area contributed by atoms with Gasteiger partial charge in [0.05, 0.1) is 20.2 Å². The first-order chi connectivity index (χ1) is 19.7. The fourth-order valence-electron chi connectivity index (χ4n) is 5.62. The summed E-state index contributed by atoms with van der Waals surface area (Å²) in [5.74, 6) is 0.828. The molecule has 0 aliphatic carbocycles. The molecule has 9 heteroatoms. The van der Waals surface area contributed by atoms with Crippen LogP contribution in [0.1, 0.15) is 56.7 Å². The van der Waals surface area contributed by atoms with E-state index in [1.807, 2.05) is 65.4 Å². The zero-order valence-electron chi connectivity index (χ0n) is 25.1. The Kier molecular flexibility index (Phi) is 10.3. The van der Waals surface area contributed by atoms with Gasteiger partial charge in [-0.15, -0.1) is 0 Å². The van der Waals surface area contributed by atoms with E-state index < -0.39 is 12.2 Å². The van der Waals surface area contributed by atoms with Gasteiger partial charge in [-0.05, 0) is 55.4 Å². The van der Waals surface area contributed by atoms with Gasteiger partial charge in [-0.25, -0.2) is 14.8 Å². The maximum atomic E-state index is 13.9. The minimum atomic E-state index is -0.607. The molecular weight excluding hydrogens is 518 g/mol. The summed E-state index contributed by atoms with van der Waals surface area (Å²) >= 11 is 0. The monoisotopic (exact) mass is 563 g/mol. The van der Waals surface area contributed by atoms with Crippen LogP contribution in [0.25, 0.3) is 0 Å². The molecule has 2 atom stereocenters. The summed E-state index contributed by atoms with van der Waals surface area (Å²) in [4.78, 5) is 44.9. The molecule has 4 rings (SSSR count). The van der Waals surface area contributed by atoms with Gasteiger partial charge in [-0.3, -0.25) is 9.59 Å². The highest BCUT2D eigenvalue weighted by molar-refractivity contribution is 5.91. The molecule has 2 aromatic carbocycles. The predicted molar refractivity (Wildman–Crippen MR) is 159 cm³/mol. The Bertz CT molecular complexity index is 1180. The van der Waals surface area contributed by atoms with Gasteiger partial charge in [0, 0.05) is 19.6 Å². The molecule has 2 aliphatic rings. The van der Waals surface area contributed by atoms with Gasteiger partial charge < -0.3 is 19.9 Å². The fourth-order valence-corrected chi connectivity index (χ4v) is 5.62. The fraction of sp³-hybridized carbons (Fsp3) is 0.531. The van der Waals surface area contributed by atoms with Gasteiger partial charge in [0.15, 0.2) is 0 Å². The quantitative estimate of drug-likeness (QED) is 0.414. The van der Waals surface area contributed by atoms with E-state index in [4.69, 9.17) is 4.74 Å². The summed E-state index contributed by atoms with van der Waals surface area (Å²) in [6, 6.07) is 15.2. The molecule has 2 aliphatic heterocycles. The van der Waals surface area contributed by atoms with Gasteiger partial charge in [-0.2, -0.15) is 0 Å². The molecule has 9 nitrogen and oxygen atoms in total. The third-order valence-corrected chi connectivity index (χ3v) is 7.85.